The highest BCUT2D eigenvalue weighted by atomic mass is 32.1. The van der Waals surface area contributed by atoms with Crippen molar-refractivity contribution in [3.05, 3.63) is 23.2 Å². The molecule has 3 rings (SSSR count). The van der Waals surface area contributed by atoms with Crippen molar-refractivity contribution in [1.82, 2.24) is 14.9 Å². The first-order chi connectivity index (χ1) is 9.71. The van der Waals surface area contributed by atoms with Crippen LogP contribution in [0.3, 0.4) is 0 Å². The van der Waals surface area contributed by atoms with Gasteiger partial charge < -0.3 is 4.74 Å². The zero-order valence-corrected chi connectivity index (χ0v) is 11.6. The largest absolute Gasteiger partial charge is 0.473 e. The van der Waals surface area contributed by atoms with E-state index >= 15 is 0 Å². The Labute approximate surface area is 119 Å². The monoisotopic (exact) mass is 292 g/mol. The van der Waals surface area contributed by atoms with Crippen LogP contribution in [0.25, 0.3) is 0 Å². The number of methoxy groups -OCH3 is 1. The Hall–Kier alpha value is -2.11. The molecule has 2 bridgehead atoms. The number of nitriles is 1. The Kier molecular flexibility index (Phi) is 3.08. The van der Waals surface area contributed by atoms with Gasteiger partial charge in [-0.3, -0.25) is 9.74 Å². The van der Waals surface area contributed by atoms with Crippen molar-refractivity contribution in [2.75, 3.05) is 20.3 Å². The minimum atomic E-state index is -0.689. The van der Waals surface area contributed by atoms with Crippen molar-refractivity contribution >= 4 is 17.4 Å². The van der Waals surface area contributed by atoms with Crippen molar-refractivity contribution in [3.63, 3.8) is 0 Å². The number of ether oxygens (including phenoxy) is 1. The van der Waals surface area contributed by atoms with Crippen LogP contribution in [-0.2, 0) is 4.84 Å². The van der Waals surface area contributed by atoms with Crippen LogP contribution < -0.4 is 4.74 Å². The molecule has 2 amide bonds. The predicted molar refractivity (Wildman–Crippen MR) is 69.9 cm³/mol. The van der Waals surface area contributed by atoms with Gasteiger partial charge >= 0.3 is 6.03 Å². The number of carbonyl (C=O) groups excluding carboxylic acids is 1. The standard InChI is InChI=1S/C12H12N4O3S/c1-3-4-19-16-8-6-15(12(16)17)7(5-13)9-10(8)20-11(14-9)18-2/h3,7-8H,1,4,6H2,2H3. The van der Waals surface area contributed by atoms with Crippen molar-refractivity contribution < 1.29 is 14.4 Å². The number of thiazole rings is 1. The molecule has 20 heavy (non-hydrogen) atoms. The fraction of sp³-hybridized carbons (Fsp3) is 0.417. The third-order valence-electron chi connectivity index (χ3n) is 3.25. The molecule has 2 atom stereocenters. The van der Waals surface area contributed by atoms with E-state index in [1.807, 2.05) is 0 Å². The number of nitrogens with zero attached hydrogens (tertiary/aromatic N) is 4. The quantitative estimate of drug-likeness (QED) is 0.788. The number of hydroxylamine groups is 2. The van der Waals surface area contributed by atoms with Crippen molar-refractivity contribution in [3.8, 4) is 11.3 Å². The van der Waals surface area contributed by atoms with E-state index in [9.17, 15) is 10.1 Å². The van der Waals surface area contributed by atoms with Crippen LogP contribution in [0.1, 0.15) is 22.7 Å². The summed E-state index contributed by atoms with van der Waals surface area (Å²) in [6.45, 7) is 4.22. The van der Waals surface area contributed by atoms with Gasteiger partial charge in [0.2, 0.25) is 0 Å². The molecular weight excluding hydrogens is 280 g/mol. The van der Waals surface area contributed by atoms with E-state index in [1.165, 1.54) is 28.4 Å². The Morgan fingerprint density at radius 2 is 2.50 bits per heavy atom. The summed E-state index contributed by atoms with van der Waals surface area (Å²) in [5.74, 6) is 0. The van der Waals surface area contributed by atoms with Crippen LogP contribution >= 0.6 is 11.3 Å². The molecule has 0 radical (unpaired) electrons. The number of urea groups is 1. The van der Waals surface area contributed by atoms with E-state index in [4.69, 9.17) is 9.57 Å². The lowest BCUT2D eigenvalue weighted by Gasteiger charge is -2.24. The van der Waals surface area contributed by atoms with Gasteiger partial charge in [0.1, 0.15) is 6.04 Å². The van der Waals surface area contributed by atoms with Crippen molar-refractivity contribution in [1.29, 1.82) is 5.26 Å². The van der Waals surface area contributed by atoms with Crippen LogP contribution in [0.5, 0.6) is 5.19 Å². The van der Waals surface area contributed by atoms with E-state index in [0.717, 1.165) is 4.88 Å². The first-order valence-electron chi connectivity index (χ1n) is 5.99. The summed E-state index contributed by atoms with van der Waals surface area (Å²) >= 11 is 1.34. The molecule has 1 saturated heterocycles. The summed E-state index contributed by atoms with van der Waals surface area (Å²) in [5, 5.41) is 11.1. The second-order valence-corrected chi connectivity index (χ2v) is 5.32. The van der Waals surface area contributed by atoms with Crippen molar-refractivity contribution in [2.24, 2.45) is 0 Å². The maximum atomic E-state index is 12.3. The highest BCUT2D eigenvalue weighted by molar-refractivity contribution is 7.13. The van der Waals surface area contributed by atoms with Gasteiger partial charge in [0.05, 0.1) is 36.9 Å². The SMILES string of the molecule is C=CCON1C(=O)N2CC1c1sc(OC)nc1C2C#N. The van der Waals surface area contributed by atoms with E-state index in [1.54, 1.807) is 6.08 Å². The van der Waals surface area contributed by atoms with Gasteiger partial charge in [-0.15, -0.1) is 6.58 Å². The second kappa shape index (κ2) is 4.77. The first kappa shape index (κ1) is 12.9. The predicted octanol–water partition coefficient (Wildman–Crippen LogP) is 1.63. The number of carbonyl (C=O) groups is 1. The highest BCUT2D eigenvalue weighted by Crippen LogP contribution is 2.47. The van der Waals surface area contributed by atoms with Crippen LogP contribution in [-0.4, -0.2) is 41.2 Å². The van der Waals surface area contributed by atoms with Gasteiger partial charge in [-0.2, -0.15) is 10.3 Å². The number of aromatic nitrogens is 1. The van der Waals surface area contributed by atoms with E-state index < -0.39 is 6.04 Å². The van der Waals surface area contributed by atoms with E-state index in [2.05, 4.69) is 17.6 Å². The normalized spacial score (nSPS) is 23.5. The Balaban J connectivity index is 2.03. The molecule has 3 heterocycles. The minimum absolute atomic E-state index is 0.235. The lowest BCUT2D eigenvalue weighted by molar-refractivity contribution is -0.118. The van der Waals surface area contributed by atoms with E-state index in [-0.39, 0.29) is 18.7 Å². The van der Waals surface area contributed by atoms with E-state index in [0.29, 0.717) is 17.4 Å². The Bertz CT molecular complexity index is 608. The molecule has 1 fully saturated rings. The smallest absolute Gasteiger partial charge is 0.346 e. The third-order valence-corrected chi connectivity index (χ3v) is 4.38. The molecule has 7 nitrogen and oxygen atoms in total. The molecule has 104 valence electrons. The van der Waals surface area contributed by atoms with Gasteiger partial charge in [0, 0.05) is 0 Å². The summed E-state index contributed by atoms with van der Waals surface area (Å²) in [5.41, 5.74) is 0.587. The van der Waals surface area contributed by atoms with Gasteiger partial charge in [-0.1, -0.05) is 17.4 Å². The molecule has 0 aliphatic carbocycles. The Morgan fingerprint density at radius 3 is 3.15 bits per heavy atom. The molecule has 1 aromatic rings. The summed E-state index contributed by atoms with van der Waals surface area (Å²) in [7, 11) is 1.53. The van der Waals surface area contributed by atoms with Gasteiger partial charge in [-0.05, 0) is 0 Å². The zero-order valence-electron chi connectivity index (χ0n) is 10.8. The number of rotatable bonds is 4. The summed E-state index contributed by atoms with van der Waals surface area (Å²) in [6, 6.07) is 0.876. The van der Waals surface area contributed by atoms with Crippen LogP contribution in [0.2, 0.25) is 0 Å². The molecule has 0 N–H and O–H groups in total. The Morgan fingerprint density at radius 1 is 1.70 bits per heavy atom. The molecular formula is C12H12N4O3S. The first-order valence-corrected chi connectivity index (χ1v) is 6.80. The molecule has 2 aliphatic heterocycles. The third kappa shape index (κ3) is 1.67. The van der Waals surface area contributed by atoms with Gasteiger partial charge in [-0.25, -0.2) is 9.78 Å². The lowest BCUT2D eigenvalue weighted by atomic mass is 10.1. The summed E-state index contributed by atoms with van der Waals surface area (Å²) in [4.78, 5) is 24.3. The maximum absolute atomic E-state index is 12.3. The lowest BCUT2D eigenvalue weighted by Crippen LogP contribution is -2.33. The summed E-state index contributed by atoms with van der Waals surface area (Å²) < 4.78 is 5.13. The fourth-order valence-electron chi connectivity index (χ4n) is 2.40. The molecule has 0 spiro atoms. The number of hydrogen-bond acceptors (Lipinski definition) is 6. The molecule has 1 aromatic heterocycles. The van der Waals surface area contributed by atoms with Gasteiger partial charge in [0.25, 0.3) is 5.19 Å². The highest BCUT2D eigenvalue weighted by Gasteiger charge is 2.51. The van der Waals surface area contributed by atoms with Crippen LogP contribution in [0, 0.1) is 11.3 Å². The maximum Gasteiger partial charge on any atom is 0.346 e. The fourth-order valence-corrected chi connectivity index (χ4v) is 3.39. The number of amides is 2. The molecule has 0 saturated carbocycles. The average Bonchev–Trinajstić information content (AvgIpc) is 3.00. The number of hydrogen-bond donors (Lipinski definition) is 0. The second-order valence-electron chi connectivity index (χ2n) is 4.33. The topological polar surface area (TPSA) is 78.7 Å². The summed E-state index contributed by atoms with van der Waals surface area (Å²) in [6.07, 6.45) is 1.57. The van der Waals surface area contributed by atoms with Crippen molar-refractivity contribution in [2.45, 2.75) is 12.1 Å². The minimum Gasteiger partial charge on any atom is -0.473 e. The molecule has 0 aromatic carbocycles. The molecule has 2 unspecified atom stereocenters. The average molecular weight is 292 g/mol. The molecule has 8 heteroatoms. The number of fused-ring (bicyclic) bond motifs is 4. The van der Waals surface area contributed by atoms with Gasteiger partial charge in [0.15, 0.2) is 6.04 Å². The van der Waals surface area contributed by atoms with Crippen LogP contribution in [0.4, 0.5) is 4.79 Å². The van der Waals surface area contributed by atoms with Crippen LogP contribution in [0.15, 0.2) is 12.7 Å². The zero-order chi connectivity index (χ0) is 14.3. The molecule has 2 aliphatic rings.